The van der Waals surface area contributed by atoms with Crippen LogP contribution in [0.1, 0.15) is 46.0 Å². The SMILES string of the molecule is CC(C)C(=O)NCC1(CCl)CCCCC1. The summed E-state index contributed by atoms with van der Waals surface area (Å²) in [5, 5.41) is 3.02. The fourth-order valence-corrected chi connectivity index (χ4v) is 2.50. The molecule has 1 aliphatic rings. The molecule has 1 saturated carbocycles. The fourth-order valence-electron chi connectivity index (χ4n) is 2.14. The van der Waals surface area contributed by atoms with Gasteiger partial charge in [0.05, 0.1) is 0 Å². The van der Waals surface area contributed by atoms with Gasteiger partial charge in [0.1, 0.15) is 0 Å². The van der Waals surface area contributed by atoms with Gasteiger partial charge in [0.25, 0.3) is 0 Å². The second kappa shape index (κ2) is 5.74. The summed E-state index contributed by atoms with van der Waals surface area (Å²) in [7, 11) is 0. The topological polar surface area (TPSA) is 29.1 Å². The average molecular weight is 232 g/mol. The molecule has 0 heterocycles. The van der Waals surface area contributed by atoms with Gasteiger partial charge in [0, 0.05) is 23.8 Å². The van der Waals surface area contributed by atoms with Gasteiger partial charge < -0.3 is 5.32 Å². The summed E-state index contributed by atoms with van der Waals surface area (Å²) in [6.45, 7) is 4.60. The molecule has 0 aliphatic heterocycles. The highest BCUT2D eigenvalue weighted by atomic mass is 35.5. The van der Waals surface area contributed by atoms with Gasteiger partial charge in [-0.15, -0.1) is 11.6 Å². The number of carbonyl (C=O) groups is 1. The van der Waals surface area contributed by atoms with E-state index in [1.54, 1.807) is 0 Å². The quantitative estimate of drug-likeness (QED) is 0.741. The van der Waals surface area contributed by atoms with Crippen molar-refractivity contribution < 1.29 is 4.79 Å². The number of alkyl halides is 1. The van der Waals surface area contributed by atoms with Crippen molar-refractivity contribution in [3.8, 4) is 0 Å². The first kappa shape index (κ1) is 12.8. The molecule has 0 aromatic carbocycles. The zero-order valence-corrected chi connectivity index (χ0v) is 10.6. The molecule has 0 spiro atoms. The molecule has 0 unspecified atom stereocenters. The minimum absolute atomic E-state index is 0.0703. The third-order valence-corrected chi connectivity index (χ3v) is 3.93. The number of amides is 1. The number of rotatable bonds is 4. The summed E-state index contributed by atoms with van der Waals surface area (Å²) in [6.07, 6.45) is 6.15. The Balaban J connectivity index is 2.42. The Bertz CT molecular complexity index is 210. The largest absolute Gasteiger partial charge is 0.355 e. The van der Waals surface area contributed by atoms with E-state index in [-0.39, 0.29) is 17.2 Å². The Labute approximate surface area is 97.8 Å². The lowest BCUT2D eigenvalue weighted by atomic mass is 9.75. The molecular weight excluding hydrogens is 210 g/mol. The molecule has 1 amide bonds. The van der Waals surface area contributed by atoms with Gasteiger partial charge in [-0.1, -0.05) is 33.1 Å². The molecule has 0 aromatic heterocycles. The Morgan fingerprint density at radius 1 is 1.33 bits per heavy atom. The van der Waals surface area contributed by atoms with Gasteiger partial charge in [-0.2, -0.15) is 0 Å². The second-order valence-corrected chi connectivity index (χ2v) is 5.33. The monoisotopic (exact) mass is 231 g/mol. The van der Waals surface area contributed by atoms with Crippen molar-refractivity contribution in [1.29, 1.82) is 0 Å². The lowest BCUT2D eigenvalue weighted by molar-refractivity contribution is -0.124. The van der Waals surface area contributed by atoms with Crippen molar-refractivity contribution in [3.05, 3.63) is 0 Å². The molecule has 2 nitrogen and oxygen atoms in total. The minimum atomic E-state index is 0.0703. The number of hydrogen-bond donors (Lipinski definition) is 1. The predicted molar refractivity (Wildman–Crippen MR) is 64.1 cm³/mol. The summed E-state index contributed by atoms with van der Waals surface area (Å²) < 4.78 is 0. The normalized spacial score (nSPS) is 20.3. The highest BCUT2D eigenvalue weighted by Gasteiger charge is 2.31. The Kier molecular flexibility index (Phi) is 4.91. The van der Waals surface area contributed by atoms with Gasteiger partial charge in [0.2, 0.25) is 5.91 Å². The molecule has 1 fully saturated rings. The summed E-state index contributed by atoms with van der Waals surface area (Å²) in [5.41, 5.74) is 0.171. The third-order valence-electron chi connectivity index (χ3n) is 3.36. The average Bonchev–Trinajstić information content (AvgIpc) is 2.27. The van der Waals surface area contributed by atoms with Crippen LogP contribution in [0.25, 0.3) is 0 Å². The Morgan fingerprint density at radius 3 is 2.40 bits per heavy atom. The first-order chi connectivity index (χ1) is 7.09. The van der Waals surface area contributed by atoms with Gasteiger partial charge in [0.15, 0.2) is 0 Å². The molecule has 3 heteroatoms. The van der Waals surface area contributed by atoms with Crippen LogP contribution in [-0.4, -0.2) is 18.3 Å². The van der Waals surface area contributed by atoms with E-state index in [2.05, 4.69) is 5.32 Å². The van der Waals surface area contributed by atoms with Crippen molar-refractivity contribution in [2.45, 2.75) is 46.0 Å². The molecule has 0 atom stereocenters. The summed E-state index contributed by atoms with van der Waals surface area (Å²) in [5.74, 6) is 0.886. The maximum absolute atomic E-state index is 11.5. The van der Waals surface area contributed by atoms with E-state index in [1.165, 1.54) is 19.3 Å². The van der Waals surface area contributed by atoms with Gasteiger partial charge in [-0.05, 0) is 12.8 Å². The number of hydrogen-bond acceptors (Lipinski definition) is 1. The van der Waals surface area contributed by atoms with Crippen molar-refractivity contribution in [2.75, 3.05) is 12.4 Å². The van der Waals surface area contributed by atoms with Crippen molar-refractivity contribution in [1.82, 2.24) is 5.32 Å². The minimum Gasteiger partial charge on any atom is -0.355 e. The van der Waals surface area contributed by atoms with E-state index in [9.17, 15) is 4.79 Å². The number of carbonyl (C=O) groups excluding carboxylic acids is 1. The Morgan fingerprint density at radius 2 is 1.93 bits per heavy atom. The van der Waals surface area contributed by atoms with Crippen molar-refractivity contribution >= 4 is 17.5 Å². The van der Waals surface area contributed by atoms with Crippen LogP contribution in [0.5, 0.6) is 0 Å². The molecule has 15 heavy (non-hydrogen) atoms. The third kappa shape index (κ3) is 3.67. The molecule has 1 N–H and O–H groups in total. The van der Waals surface area contributed by atoms with E-state index in [0.717, 1.165) is 19.4 Å². The van der Waals surface area contributed by atoms with Crippen LogP contribution in [0.2, 0.25) is 0 Å². The van der Waals surface area contributed by atoms with Gasteiger partial charge in [-0.3, -0.25) is 4.79 Å². The van der Waals surface area contributed by atoms with Crippen LogP contribution < -0.4 is 5.32 Å². The molecule has 1 aliphatic carbocycles. The second-order valence-electron chi connectivity index (χ2n) is 5.07. The highest BCUT2D eigenvalue weighted by Crippen LogP contribution is 2.36. The molecule has 0 radical (unpaired) electrons. The zero-order chi connectivity index (χ0) is 11.3. The van der Waals surface area contributed by atoms with Crippen LogP contribution in [0, 0.1) is 11.3 Å². The van der Waals surface area contributed by atoms with Gasteiger partial charge in [-0.25, -0.2) is 0 Å². The fraction of sp³-hybridized carbons (Fsp3) is 0.917. The van der Waals surface area contributed by atoms with Crippen LogP contribution in [0.4, 0.5) is 0 Å². The lowest BCUT2D eigenvalue weighted by Gasteiger charge is -2.35. The molecule has 0 saturated heterocycles. The maximum Gasteiger partial charge on any atom is 0.222 e. The lowest BCUT2D eigenvalue weighted by Crippen LogP contribution is -2.41. The van der Waals surface area contributed by atoms with E-state index in [1.807, 2.05) is 13.8 Å². The van der Waals surface area contributed by atoms with E-state index in [0.29, 0.717) is 5.88 Å². The molecular formula is C12H22ClNO. The summed E-state index contributed by atoms with van der Waals surface area (Å²) >= 11 is 6.05. The maximum atomic E-state index is 11.5. The number of nitrogens with one attached hydrogen (secondary N) is 1. The molecule has 0 aromatic rings. The standard InChI is InChI=1S/C12H22ClNO/c1-10(2)11(15)14-9-12(8-13)6-4-3-5-7-12/h10H,3-9H2,1-2H3,(H,14,15). The first-order valence-electron chi connectivity index (χ1n) is 5.93. The van der Waals surface area contributed by atoms with E-state index >= 15 is 0 Å². The summed E-state index contributed by atoms with van der Waals surface area (Å²) in [4.78, 5) is 11.5. The predicted octanol–water partition coefficient (Wildman–Crippen LogP) is 2.95. The van der Waals surface area contributed by atoms with Crippen LogP contribution in [0.3, 0.4) is 0 Å². The van der Waals surface area contributed by atoms with Crippen LogP contribution in [0.15, 0.2) is 0 Å². The zero-order valence-electron chi connectivity index (χ0n) is 9.81. The van der Waals surface area contributed by atoms with E-state index < -0.39 is 0 Å². The Hall–Kier alpha value is -0.240. The smallest absolute Gasteiger partial charge is 0.222 e. The van der Waals surface area contributed by atoms with Crippen molar-refractivity contribution in [2.24, 2.45) is 11.3 Å². The molecule has 0 bridgehead atoms. The first-order valence-corrected chi connectivity index (χ1v) is 6.47. The van der Waals surface area contributed by atoms with E-state index in [4.69, 9.17) is 11.6 Å². The van der Waals surface area contributed by atoms with Gasteiger partial charge >= 0.3 is 0 Å². The van der Waals surface area contributed by atoms with Crippen LogP contribution in [-0.2, 0) is 4.79 Å². The summed E-state index contributed by atoms with van der Waals surface area (Å²) in [6, 6.07) is 0. The highest BCUT2D eigenvalue weighted by molar-refractivity contribution is 6.18. The molecule has 1 rings (SSSR count). The molecule has 88 valence electrons. The van der Waals surface area contributed by atoms with Crippen LogP contribution >= 0.6 is 11.6 Å². The number of halogens is 1. The van der Waals surface area contributed by atoms with Crippen molar-refractivity contribution in [3.63, 3.8) is 0 Å².